The molecule has 4 rings (SSSR count). The zero-order valence-electron chi connectivity index (χ0n) is 13.8. The Morgan fingerprint density at radius 3 is 2.76 bits per heavy atom. The summed E-state index contributed by atoms with van der Waals surface area (Å²) < 4.78 is 5.55. The Labute approximate surface area is 161 Å². The molecule has 0 spiro atoms. The summed E-state index contributed by atoms with van der Waals surface area (Å²) in [5, 5.41) is 3.26. The van der Waals surface area contributed by atoms with Crippen molar-refractivity contribution in [1.82, 2.24) is 4.90 Å². The van der Waals surface area contributed by atoms with Crippen molar-refractivity contribution in [2.24, 2.45) is 0 Å². The molecule has 0 radical (unpaired) electrons. The van der Waals surface area contributed by atoms with E-state index in [1.54, 1.807) is 17.4 Å². The van der Waals surface area contributed by atoms with Gasteiger partial charge in [0, 0.05) is 41.2 Å². The van der Waals surface area contributed by atoms with E-state index in [-0.39, 0.29) is 5.91 Å². The van der Waals surface area contributed by atoms with Crippen molar-refractivity contribution in [3.05, 3.63) is 55.7 Å². The Balaban J connectivity index is 1.70. The normalized spacial score (nSPS) is 19.5. The van der Waals surface area contributed by atoms with Crippen LogP contribution in [0.2, 0.25) is 10.0 Å². The number of fused-ring (bicyclic) bond motifs is 1. The predicted molar refractivity (Wildman–Crippen MR) is 102 cm³/mol. The Hall–Kier alpha value is -1.07. The summed E-state index contributed by atoms with van der Waals surface area (Å²) in [6.07, 6.45) is 2.24. The number of hydrogen-bond acceptors (Lipinski definition) is 3. The van der Waals surface area contributed by atoms with Crippen LogP contribution in [0.1, 0.15) is 28.8 Å². The van der Waals surface area contributed by atoms with E-state index in [1.165, 1.54) is 10.4 Å². The lowest BCUT2D eigenvalue weighted by Crippen LogP contribution is -2.51. The number of carbonyl (C=O) groups excluding carboxylic acids is 1. The fourth-order valence-electron chi connectivity index (χ4n) is 3.92. The lowest BCUT2D eigenvalue weighted by molar-refractivity contribution is -0.142. The predicted octanol–water partition coefficient (Wildman–Crippen LogP) is 4.69. The molecule has 0 bridgehead atoms. The number of halogens is 2. The summed E-state index contributed by atoms with van der Waals surface area (Å²) >= 11 is 14.4. The molecule has 1 fully saturated rings. The first-order valence-electron chi connectivity index (χ1n) is 8.48. The number of carbonyl (C=O) groups is 1. The molecular weight excluding hydrogens is 377 g/mol. The van der Waals surface area contributed by atoms with E-state index >= 15 is 0 Å². The highest BCUT2D eigenvalue weighted by Crippen LogP contribution is 2.42. The average molecular weight is 396 g/mol. The van der Waals surface area contributed by atoms with Gasteiger partial charge in [-0.1, -0.05) is 29.3 Å². The van der Waals surface area contributed by atoms with Crippen molar-refractivity contribution in [1.29, 1.82) is 0 Å². The van der Waals surface area contributed by atoms with Crippen LogP contribution in [0.3, 0.4) is 0 Å². The van der Waals surface area contributed by atoms with Gasteiger partial charge >= 0.3 is 0 Å². The second-order valence-electron chi connectivity index (χ2n) is 6.66. The molecule has 1 saturated heterocycles. The molecule has 0 N–H and O–H groups in total. The van der Waals surface area contributed by atoms with Gasteiger partial charge in [-0.25, -0.2) is 0 Å². The molecule has 25 heavy (non-hydrogen) atoms. The molecule has 132 valence electrons. The molecular formula is C19H19Cl2NO2S. The van der Waals surface area contributed by atoms with Crippen molar-refractivity contribution in [2.75, 3.05) is 19.8 Å². The molecule has 2 aliphatic rings. The first kappa shape index (κ1) is 17.3. The fraction of sp³-hybridized carbons (Fsp3) is 0.421. The van der Waals surface area contributed by atoms with Crippen molar-refractivity contribution >= 4 is 40.4 Å². The van der Waals surface area contributed by atoms with Crippen LogP contribution in [0, 0.1) is 0 Å². The standard InChI is InChI=1S/C19H19Cl2NO2S/c20-14-1-2-15(16(21)11-14)19(5-8-24-9-6-19)18(23)22-7-3-17-13(12-22)4-10-25-17/h1-2,4,10-11H,3,5-9,12H2. The highest BCUT2D eigenvalue weighted by molar-refractivity contribution is 7.10. The maximum Gasteiger partial charge on any atom is 0.233 e. The second-order valence-corrected chi connectivity index (χ2v) is 8.51. The third kappa shape index (κ3) is 3.10. The molecule has 0 atom stereocenters. The average Bonchev–Trinajstić information content (AvgIpc) is 3.09. The molecule has 0 unspecified atom stereocenters. The van der Waals surface area contributed by atoms with E-state index < -0.39 is 5.41 Å². The quantitative estimate of drug-likeness (QED) is 0.737. The number of nitrogens with zero attached hydrogens (tertiary/aromatic N) is 1. The summed E-state index contributed by atoms with van der Waals surface area (Å²) in [7, 11) is 0. The fourth-order valence-corrected chi connectivity index (χ4v) is 5.40. The Morgan fingerprint density at radius 2 is 2.00 bits per heavy atom. The van der Waals surface area contributed by atoms with Crippen LogP contribution in [0.5, 0.6) is 0 Å². The highest BCUT2D eigenvalue weighted by Gasteiger charge is 2.45. The summed E-state index contributed by atoms with van der Waals surface area (Å²) in [4.78, 5) is 17.0. The number of amides is 1. The van der Waals surface area contributed by atoms with Crippen LogP contribution >= 0.6 is 34.5 Å². The molecule has 2 aromatic rings. The summed E-state index contributed by atoms with van der Waals surface area (Å²) in [5.41, 5.74) is 1.53. The zero-order chi connectivity index (χ0) is 17.4. The SMILES string of the molecule is O=C(N1CCc2sccc2C1)C1(c2ccc(Cl)cc2Cl)CCOCC1. The molecule has 1 aromatic heterocycles. The first-order valence-corrected chi connectivity index (χ1v) is 10.1. The highest BCUT2D eigenvalue weighted by atomic mass is 35.5. The van der Waals surface area contributed by atoms with E-state index in [0.29, 0.717) is 42.6 Å². The third-order valence-corrected chi connectivity index (χ3v) is 6.87. The maximum absolute atomic E-state index is 13.6. The zero-order valence-corrected chi connectivity index (χ0v) is 16.1. The number of hydrogen-bond donors (Lipinski definition) is 0. The van der Waals surface area contributed by atoms with Gasteiger partial charge in [0.15, 0.2) is 0 Å². The number of thiophene rings is 1. The van der Waals surface area contributed by atoms with E-state index in [9.17, 15) is 4.79 Å². The first-order chi connectivity index (χ1) is 12.1. The third-order valence-electron chi connectivity index (χ3n) is 5.30. The van der Waals surface area contributed by atoms with Crippen LogP contribution in [0.15, 0.2) is 29.6 Å². The Bertz CT molecular complexity index is 798. The van der Waals surface area contributed by atoms with Crippen molar-refractivity contribution in [2.45, 2.75) is 31.2 Å². The number of ether oxygens (including phenoxy) is 1. The van der Waals surface area contributed by atoms with Crippen LogP contribution < -0.4 is 0 Å². The van der Waals surface area contributed by atoms with Crippen LogP contribution in [0.25, 0.3) is 0 Å². The molecule has 3 heterocycles. The van der Waals surface area contributed by atoms with Gasteiger partial charge in [-0.3, -0.25) is 4.79 Å². The summed E-state index contributed by atoms with van der Waals surface area (Å²) in [6, 6.07) is 7.59. The van der Waals surface area contributed by atoms with Gasteiger partial charge in [0.2, 0.25) is 5.91 Å². The minimum Gasteiger partial charge on any atom is -0.381 e. The van der Waals surface area contributed by atoms with Crippen molar-refractivity contribution in [3.8, 4) is 0 Å². The minimum absolute atomic E-state index is 0.164. The lowest BCUT2D eigenvalue weighted by Gasteiger charge is -2.41. The van der Waals surface area contributed by atoms with E-state index in [2.05, 4.69) is 11.4 Å². The molecule has 1 amide bonds. The molecule has 2 aliphatic heterocycles. The van der Waals surface area contributed by atoms with E-state index in [0.717, 1.165) is 18.5 Å². The van der Waals surface area contributed by atoms with Gasteiger partial charge in [0.1, 0.15) is 0 Å². The van der Waals surface area contributed by atoms with Crippen LogP contribution in [-0.4, -0.2) is 30.6 Å². The second kappa shape index (κ2) is 6.92. The Morgan fingerprint density at radius 1 is 1.20 bits per heavy atom. The van der Waals surface area contributed by atoms with Crippen LogP contribution in [-0.2, 0) is 27.9 Å². The van der Waals surface area contributed by atoms with Gasteiger partial charge in [-0.15, -0.1) is 11.3 Å². The van der Waals surface area contributed by atoms with E-state index in [1.807, 2.05) is 17.0 Å². The van der Waals surface area contributed by atoms with Gasteiger partial charge in [0.05, 0.1) is 5.41 Å². The van der Waals surface area contributed by atoms with Gasteiger partial charge in [-0.05, 0) is 54.0 Å². The molecule has 0 aliphatic carbocycles. The maximum atomic E-state index is 13.6. The monoisotopic (exact) mass is 395 g/mol. The molecule has 6 heteroatoms. The van der Waals surface area contributed by atoms with Gasteiger partial charge in [-0.2, -0.15) is 0 Å². The molecule has 0 saturated carbocycles. The van der Waals surface area contributed by atoms with Crippen LogP contribution in [0.4, 0.5) is 0 Å². The van der Waals surface area contributed by atoms with E-state index in [4.69, 9.17) is 27.9 Å². The van der Waals surface area contributed by atoms with Gasteiger partial charge in [0.25, 0.3) is 0 Å². The molecule has 1 aromatic carbocycles. The molecule has 3 nitrogen and oxygen atoms in total. The smallest absolute Gasteiger partial charge is 0.233 e. The van der Waals surface area contributed by atoms with Crippen molar-refractivity contribution < 1.29 is 9.53 Å². The van der Waals surface area contributed by atoms with Crippen molar-refractivity contribution in [3.63, 3.8) is 0 Å². The largest absolute Gasteiger partial charge is 0.381 e. The number of rotatable bonds is 2. The Kier molecular flexibility index (Phi) is 4.80. The minimum atomic E-state index is -0.618. The number of benzene rings is 1. The lowest BCUT2D eigenvalue weighted by atomic mass is 9.72. The van der Waals surface area contributed by atoms with Gasteiger partial charge < -0.3 is 9.64 Å². The summed E-state index contributed by atoms with van der Waals surface area (Å²) in [5.74, 6) is 0.164. The summed E-state index contributed by atoms with van der Waals surface area (Å²) in [6.45, 7) is 2.59. The topological polar surface area (TPSA) is 29.5 Å².